The van der Waals surface area contributed by atoms with Gasteiger partial charge in [0, 0.05) is 12.5 Å². The Morgan fingerprint density at radius 2 is 2.45 bits per heavy atom. The zero-order valence-electron chi connectivity index (χ0n) is 6.92. The highest BCUT2D eigenvalue weighted by Crippen LogP contribution is 2.05. The molecule has 2 heteroatoms. The second kappa shape index (κ2) is 4.19. The molecule has 62 valence electrons. The summed E-state index contributed by atoms with van der Waals surface area (Å²) in [6.45, 7) is 2.10. The number of nitrogens with two attached hydrogens (primary N) is 1. The monoisotopic (exact) mass is 153 g/mol. The van der Waals surface area contributed by atoms with E-state index in [2.05, 4.69) is 6.92 Å². The zero-order valence-corrected chi connectivity index (χ0v) is 6.92. The molecule has 0 saturated heterocycles. The second-order valence-electron chi connectivity index (χ2n) is 2.79. The molecular formula is C9H15NO. The molecule has 0 bridgehead atoms. The standard InChI is InChI=1S/C9H15NO/c1-2-8(10)5-6-9-4-3-7-11-9/h3-4,7-8H,2,5-6,10H2,1H3. The molecule has 1 heterocycles. The van der Waals surface area contributed by atoms with Gasteiger partial charge in [0.15, 0.2) is 0 Å². The van der Waals surface area contributed by atoms with Crippen LogP contribution in [0.3, 0.4) is 0 Å². The topological polar surface area (TPSA) is 39.2 Å². The average molecular weight is 153 g/mol. The van der Waals surface area contributed by atoms with Gasteiger partial charge in [-0.3, -0.25) is 0 Å². The van der Waals surface area contributed by atoms with E-state index in [-0.39, 0.29) is 0 Å². The molecule has 1 rings (SSSR count). The zero-order chi connectivity index (χ0) is 8.10. The summed E-state index contributed by atoms with van der Waals surface area (Å²) in [5.74, 6) is 1.04. The van der Waals surface area contributed by atoms with Gasteiger partial charge in [0.1, 0.15) is 5.76 Å². The van der Waals surface area contributed by atoms with Crippen molar-refractivity contribution in [2.24, 2.45) is 5.73 Å². The minimum Gasteiger partial charge on any atom is -0.469 e. The molecule has 2 N–H and O–H groups in total. The molecule has 0 aliphatic heterocycles. The second-order valence-corrected chi connectivity index (χ2v) is 2.79. The van der Waals surface area contributed by atoms with E-state index < -0.39 is 0 Å². The van der Waals surface area contributed by atoms with E-state index in [0.29, 0.717) is 6.04 Å². The highest BCUT2D eigenvalue weighted by molar-refractivity contribution is 4.98. The van der Waals surface area contributed by atoms with Crippen molar-refractivity contribution in [3.8, 4) is 0 Å². The summed E-state index contributed by atoms with van der Waals surface area (Å²) in [5.41, 5.74) is 5.75. The van der Waals surface area contributed by atoms with Gasteiger partial charge in [-0.25, -0.2) is 0 Å². The van der Waals surface area contributed by atoms with Crippen LogP contribution in [0.25, 0.3) is 0 Å². The van der Waals surface area contributed by atoms with Crippen LogP contribution in [-0.2, 0) is 6.42 Å². The number of rotatable bonds is 4. The molecule has 11 heavy (non-hydrogen) atoms. The Balaban J connectivity index is 2.23. The van der Waals surface area contributed by atoms with Crippen molar-refractivity contribution < 1.29 is 4.42 Å². The first-order valence-electron chi connectivity index (χ1n) is 4.11. The normalized spacial score (nSPS) is 13.3. The molecular weight excluding hydrogens is 138 g/mol. The number of hydrogen-bond acceptors (Lipinski definition) is 2. The van der Waals surface area contributed by atoms with Gasteiger partial charge in [0.25, 0.3) is 0 Å². The van der Waals surface area contributed by atoms with Gasteiger partial charge in [0.2, 0.25) is 0 Å². The Kier molecular flexibility index (Phi) is 3.17. The summed E-state index contributed by atoms with van der Waals surface area (Å²) in [5, 5.41) is 0. The average Bonchev–Trinajstić information content (AvgIpc) is 2.52. The van der Waals surface area contributed by atoms with Gasteiger partial charge < -0.3 is 10.2 Å². The predicted molar refractivity (Wildman–Crippen MR) is 45.3 cm³/mol. The van der Waals surface area contributed by atoms with Crippen LogP contribution in [0.15, 0.2) is 22.8 Å². The summed E-state index contributed by atoms with van der Waals surface area (Å²) < 4.78 is 5.17. The Hall–Kier alpha value is -0.760. The maximum absolute atomic E-state index is 5.75. The molecule has 0 aliphatic rings. The minimum atomic E-state index is 0.320. The largest absolute Gasteiger partial charge is 0.469 e. The predicted octanol–water partition coefficient (Wildman–Crippen LogP) is 1.95. The molecule has 2 nitrogen and oxygen atoms in total. The van der Waals surface area contributed by atoms with Gasteiger partial charge in [-0.1, -0.05) is 6.92 Å². The first-order valence-corrected chi connectivity index (χ1v) is 4.11. The molecule has 1 atom stereocenters. The van der Waals surface area contributed by atoms with Crippen molar-refractivity contribution in [2.45, 2.75) is 32.2 Å². The molecule has 0 fully saturated rings. The van der Waals surface area contributed by atoms with Crippen LogP contribution < -0.4 is 5.73 Å². The third-order valence-corrected chi connectivity index (χ3v) is 1.87. The van der Waals surface area contributed by atoms with E-state index in [0.717, 1.165) is 25.0 Å². The lowest BCUT2D eigenvalue weighted by Crippen LogP contribution is -2.18. The van der Waals surface area contributed by atoms with E-state index in [1.807, 2.05) is 12.1 Å². The first kappa shape index (κ1) is 8.34. The highest BCUT2D eigenvalue weighted by Gasteiger charge is 2.00. The van der Waals surface area contributed by atoms with Crippen molar-refractivity contribution in [3.63, 3.8) is 0 Å². The molecule has 0 aromatic carbocycles. The third-order valence-electron chi connectivity index (χ3n) is 1.87. The van der Waals surface area contributed by atoms with Gasteiger partial charge >= 0.3 is 0 Å². The fourth-order valence-electron chi connectivity index (χ4n) is 0.987. The van der Waals surface area contributed by atoms with Crippen molar-refractivity contribution >= 4 is 0 Å². The molecule has 0 aliphatic carbocycles. The smallest absolute Gasteiger partial charge is 0.103 e. The summed E-state index contributed by atoms with van der Waals surface area (Å²) >= 11 is 0. The van der Waals surface area contributed by atoms with E-state index in [1.54, 1.807) is 6.26 Å². The lowest BCUT2D eigenvalue weighted by atomic mass is 10.1. The third kappa shape index (κ3) is 2.76. The van der Waals surface area contributed by atoms with E-state index in [9.17, 15) is 0 Å². The van der Waals surface area contributed by atoms with E-state index in [4.69, 9.17) is 10.2 Å². The van der Waals surface area contributed by atoms with Crippen molar-refractivity contribution in [1.29, 1.82) is 0 Å². The number of hydrogen-bond donors (Lipinski definition) is 1. The SMILES string of the molecule is CCC(N)CCc1ccco1. The lowest BCUT2D eigenvalue weighted by Gasteiger charge is -2.05. The molecule has 0 saturated carbocycles. The number of aryl methyl sites for hydroxylation is 1. The van der Waals surface area contributed by atoms with E-state index >= 15 is 0 Å². The maximum Gasteiger partial charge on any atom is 0.103 e. The maximum atomic E-state index is 5.75. The van der Waals surface area contributed by atoms with Crippen LogP contribution >= 0.6 is 0 Å². The number of furan rings is 1. The van der Waals surface area contributed by atoms with Gasteiger partial charge in [0.05, 0.1) is 6.26 Å². The quantitative estimate of drug-likeness (QED) is 0.718. The van der Waals surface area contributed by atoms with Crippen LogP contribution in [0.2, 0.25) is 0 Å². The minimum absolute atomic E-state index is 0.320. The summed E-state index contributed by atoms with van der Waals surface area (Å²) in [7, 11) is 0. The first-order chi connectivity index (χ1) is 5.33. The summed E-state index contributed by atoms with van der Waals surface area (Å²) in [6.07, 6.45) is 4.72. The van der Waals surface area contributed by atoms with Crippen molar-refractivity contribution in [3.05, 3.63) is 24.2 Å². The molecule has 0 amide bonds. The molecule has 0 spiro atoms. The van der Waals surface area contributed by atoms with Crippen LogP contribution in [0.1, 0.15) is 25.5 Å². The van der Waals surface area contributed by atoms with Crippen LogP contribution in [0.4, 0.5) is 0 Å². The molecule has 1 aromatic heterocycles. The Morgan fingerprint density at radius 1 is 1.64 bits per heavy atom. The fourth-order valence-corrected chi connectivity index (χ4v) is 0.987. The highest BCUT2D eigenvalue weighted by atomic mass is 16.3. The van der Waals surface area contributed by atoms with Crippen LogP contribution in [0, 0.1) is 0 Å². The fraction of sp³-hybridized carbons (Fsp3) is 0.556. The van der Waals surface area contributed by atoms with Crippen LogP contribution in [-0.4, -0.2) is 6.04 Å². The summed E-state index contributed by atoms with van der Waals surface area (Å²) in [4.78, 5) is 0. The van der Waals surface area contributed by atoms with Gasteiger partial charge in [-0.05, 0) is 25.0 Å². The van der Waals surface area contributed by atoms with Crippen LogP contribution in [0.5, 0.6) is 0 Å². The van der Waals surface area contributed by atoms with Gasteiger partial charge in [-0.15, -0.1) is 0 Å². The Bertz CT molecular complexity index is 181. The van der Waals surface area contributed by atoms with Crippen molar-refractivity contribution in [1.82, 2.24) is 0 Å². The van der Waals surface area contributed by atoms with E-state index in [1.165, 1.54) is 0 Å². The Labute approximate surface area is 67.4 Å². The van der Waals surface area contributed by atoms with Crippen molar-refractivity contribution in [2.75, 3.05) is 0 Å². The Morgan fingerprint density at radius 3 is 3.00 bits per heavy atom. The molecule has 1 aromatic rings. The van der Waals surface area contributed by atoms with Gasteiger partial charge in [-0.2, -0.15) is 0 Å². The lowest BCUT2D eigenvalue weighted by molar-refractivity contribution is 0.481. The molecule has 0 radical (unpaired) electrons. The summed E-state index contributed by atoms with van der Waals surface area (Å²) in [6, 6.07) is 4.22. The molecule has 1 unspecified atom stereocenters.